The smallest absolute Gasteiger partial charge is 0.406 e. The summed E-state index contributed by atoms with van der Waals surface area (Å²) in [5.41, 5.74) is 0.516. The Morgan fingerprint density at radius 2 is 2.00 bits per heavy atom. The van der Waals surface area contributed by atoms with Gasteiger partial charge in [-0.1, -0.05) is 11.8 Å². The fourth-order valence-corrected chi connectivity index (χ4v) is 2.36. The number of thioether (sulfide) groups is 1. The first kappa shape index (κ1) is 16.1. The van der Waals surface area contributed by atoms with Crippen molar-refractivity contribution in [2.24, 2.45) is 0 Å². The number of rotatable bonds is 6. The van der Waals surface area contributed by atoms with Gasteiger partial charge in [-0.25, -0.2) is 0 Å². The van der Waals surface area contributed by atoms with E-state index in [1.807, 2.05) is 6.07 Å². The van der Waals surface area contributed by atoms with E-state index in [9.17, 15) is 13.2 Å². The van der Waals surface area contributed by atoms with E-state index >= 15 is 0 Å². The van der Waals surface area contributed by atoms with E-state index in [1.165, 1.54) is 40.7 Å². The Labute approximate surface area is 127 Å². The lowest BCUT2D eigenvalue weighted by atomic mass is 10.3. The van der Waals surface area contributed by atoms with Crippen molar-refractivity contribution in [3.63, 3.8) is 0 Å². The average molecular weight is 329 g/mol. The highest BCUT2D eigenvalue weighted by molar-refractivity contribution is 7.99. The molecule has 22 heavy (non-hydrogen) atoms. The van der Waals surface area contributed by atoms with E-state index in [0.29, 0.717) is 29.4 Å². The van der Waals surface area contributed by atoms with Crippen molar-refractivity contribution in [2.45, 2.75) is 24.4 Å². The summed E-state index contributed by atoms with van der Waals surface area (Å²) >= 11 is 1.37. The van der Waals surface area contributed by atoms with E-state index in [1.54, 1.807) is 0 Å². The predicted octanol–water partition coefficient (Wildman–Crippen LogP) is 2.96. The topological polar surface area (TPSA) is 76.6 Å². The van der Waals surface area contributed by atoms with Crippen LogP contribution in [0.3, 0.4) is 0 Å². The Kier molecular flexibility index (Phi) is 5.21. The monoisotopic (exact) mass is 329 g/mol. The Bertz CT molecular complexity index is 650. The third-order valence-corrected chi connectivity index (χ3v) is 3.43. The lowest BCUT2D eigenvalue weighted by molar-refractivity contribution is -0.274. The van der Waals surface area contributed by atoms with Crippen molar-refractivity contribution in [3.8, 4) is 17.5 Å². The van der Waals surface area contributed by atoms with Crippen molar-refractivity contribution in [2.75, 3.05) is 5.75 Å². The zero-order valence-corrected chi connectivity index (χ0v) is 11.9. The van der Waals surface area contributed by atoms with Crippen molar-refractivity contribution < 1.29 is 17.9 Å². The number of nitrogens with zero attached hydrogens (tertiary/aromatic N) is 5. The van der Waals surface area contributed by atoms with Crippen LogP contribution in [0.25, 0.3) is 5.69 Å². The number of benzene rings is 1. The molecule has 2 aromatic rings. The third kappa shape index (κ3) is 4.63. The maximum atomic E-state index is 12.1. The molecule has 0 fully saturated rings. The highest BCUT2D eigenvalue weighted by atomic mass is 32.2. The molecule has 0 aliphatic heterocycles. The number of nitriles is 1. The minimum Gasteiger partial charge on any atom is -0.406 e. The molecule has 0 aliphatic carbocycles. The summed E-state index contributed by atoms with van der Waals surface area (Å²) in [5, 5.41) is 20.2. The minimum absolute atomic E-state index is 0.312. The van der Waals surface area contributed by atoms with Gasteiger partial charge >= 0.3 is 6.36 Å². The van der Waals surface area contributed by atoms with Crippen LogP contribution in [-0.4, -0.2) is 32.3 Å². The summed E-state index contributed by atoms with van der Waals surface area (Å²) in [6, 6.07) is 7.27. The molecule has 1 heterocycles. The number of aromatic nitrogens is 4. The van der Waals surface area contributed by atoms with E-state index in [2.05, 4.69) is 20.3 Å². The summed E-state index contributed by atoms with van der Waals surface area (Å²) in [6.07, 6.45) is -3.58. The number of ether oxygens (including phenoxy) is 1. The molecule has 0 aliphatic rings. The van der Waals surface area contributed by atoms with Crippen LogP contribution in [0.4, 0.5) is 13.2 Å². The van der Waals surface area contributed by atoms with Gasteiger partial charge in [-0.3, -0.25) is 0 Å². The number of unbranched alkanes of at least 4 members (excludes halogenated alkanes) is 1. The van der Waals surface area contributed by atoms with Crippen LogP contribution in [0.15, 0.2) is 29.4 Å². The number of alkyl halides is 3. The fourth-order valence-electron chi connectivity index (χ4n) is 1.53. The largest absolute Gasteiger partial charge is 0.573 e. The molecule has 0 saturated heterocycles. The van der Waals surface area contributed by atoms with E-state index in [0.717, 1.165) is 0 Å². The van der Waals surface area contributed by atoms with Gasteiger partial charge in [0.2, 0.25) is 5.16 Å². The Hall–Kier alpha value is -2.28. The van der Waals surface area contributed by atoms with Crippen molar-refractivity contribution in [3.05, 3.63) is 24.3 Å². The lowest BCUT2D eigenvalue weighted by Crippen LogP contribution is -2.17. The second-order valence-electron chi connectivity index (χ2n) is 4.03. The molecular formula is C12H10F3N5OS. The fraction of sp³-hybridized carbons (Fsp3) is 0.333. The first-order valence-electron chi connectivity index (χ1n) is 6.14. The molecule has 1 aromatic heterocycles. The quantitative estimate of drug-likeness (QED) is 0.599. The first-order chi connectivity index (χ1) is 10.5. The van der Waals surface area contributed by atoms with Crippen LogP contribution < -0.4 is 4.74 Å². The molecule has 1 aromatic carbocycles. The van der Waals surface area contributed by atoms with Crippen LogP contribution in [0.2, 0.25) is 0 Å². The highest BCUT2D eigenvalue weighted by Crippen LogP contribution is 2.25. The summed E-state index contributed by atoms with van der Waals surface area (Å²) in [7, 11) is 0. The van der Waals surface area contributed by atoms with Crippen LogP contribution in [-0.2, 0) is 0 Å². The van der Waals surface area contributed by atoms with Gasteiger partial charge in [-0.2, -0.15) is 9.94 Å². The SMILES string of the molecule is N#CCCCSc1nnnn1-c1ccc(OC(F)(F)F)cc1. The van der Waals surface area contributed by atoms with Crippen molar-refractivity contribution >= 4 is 11.8 Å². The van der Waals surface area contributed by atoms with Gasteiger partial charge in [0, 0.05) is 12.2 Å². The molecular weight excluding hydrogens is 319 g/mol. The average Bonchev–Trinajstić information content (AvgIpc) is 2.91. The molecule has 6 nitrogen and oxygen atoms in total. The zero-order valence-electron chi connectivity index (χ0n) is 11.1. The standard InChI is InChI=1S/C12H10F3N5OS/c13-12(14,15)21-10-5-3-9(4-6-10)20-11(17-18-19-20)22-8-2-1-7-16/h3-6H,1-2,8H2. The molecule has 0 N–H and O–H groups in total. The summed E-state index contributed by atoms with van der Waals surface area (Å²) < 4.78 is 41.5. The van der Waals surface area contributed by atoms with Gasteiger partial charge in [0.1, 0.15) is 5.75 Å². The van der Waals surface area contributed by atoms with Gasteiger partial charge in [-0.05, 0) is 41.1 Å². The van der Waals surface area contributed by atoms with Crippen LogP contribution in [0.1, 0.15) is 12.8 Å². The molecule has 116 valence electrons. The molecule has 0 atom stereocenters. The normalized spacial score (nSPS) is 11.2. The summed E-state index contributed by atoms with van der Waals surface area (Å²) in [4.78, 5) is 0. The van der Waals surface area contributed by atoms with Gasteiger partial charge in [-0.15, -0.1) is 18.3 Å². The maximum Gasteiger partial charge on any atom is 0.573 e. The highest BCUT2D eigenvalue weighted by Gasteiger charge is 2.31. The van der Waals surface area contributed by atoms with Gasteiger partial charge in [0.05, 0.1) is 11.8 Å². The molecule has 0 bridgehead atoms. The van der Waals surface area contributed by atoms with Crippen LogP contribution >= 0.6 is 11.8 Å². The molecule has 10 heteroatoms. The third-order valence-electron chi connectivity index (χ3n) is 2.42. The predicted molar refractivity (Wildman–Crippen MR) is 71.4 cm³/mol. The number of halogens is 3. The number of hydrogen-bond donors (Lipinski definition) is 0. The first-order valence-corrected chi connectivity index (χ1v) is 7.12. The van der Waals surface area contributed by atoms with Crippen molar-refractivity contribution in [1.82, 2.24) is 20.2 Å². The summed E-state index contributed by atoms with van der Waals surface area (Å²) in [6.45, 7) is 0. The van der Waals surface area contributed by atoms with Crippen LogP contribution in [0.5, 0.6) is 5.75 Å². The maximum absolute atomic E-state index is 12.1. The van der Waals surface area contributed by atoms with E-state index < -0.39 is 6.36 Å². The Morgan fingerprint density at radius 3 is 2.64 bits per heavy atom. The molecule has 0 unspecified atom stereocenters. The minimum atomic E-state index is -4.72. The zero-order chi connectivity index (χ0) is 16.0. The Morgan fingerprint density at radius 1 is 1.27 bits per heavy atom. The second kappa shape index (κ2) is 7.13. The second-order valence-corrected chi connectivity index (χ2v) is 5.09. The molecule has 0 saturated carbocycles. The molecule has 0 spiro atoms. The molecule has 0 amide bonds. The molecule has 0 radical (unpaired) electrons. The van der Waals surface area contributed by atoms with Gasteiger partial charge < -0.3 is 4.74 Å². The molecule has 2 rings (SSSR count). The van der Waals surface area contributed by atoms with Crippen molar-refractivity contribution in [1.29, 1.82) is 5.26 Å². The number of hydrogen-bond acceptors (Lipinski definition) is 6. The van der Waals surface area contributed by atoms with Gasteiger partial charge in [0.25, 0.3) is 0 Å². The van der Waals surface area contributed by atoms with E-state index in [-0.39, 0.29) is 5.75 Å². The van der Waals surface area contributed by atoms with Gasteiger partial charge in [0.15, 0.2) is 0 Å². The Balaban J connectivity index is 2.06. The lowest BCUT2D eigenvalue weighted by Gasteiger charge is -2.09. The van der Waals surface area contributed by atoms with Crippen LogP contribution in [0, 0.1) is 11.3 Å². The van der Waals surface area contributed by atoms with E-state index in [4.69, 9.17) is 5.26 Å². The number of tetrazole rings is 1. The summed E-state index contributed by atoms with van der Waals surface area (Å²) in [5.74, 6) is 0.357.